The minimum absolute atomic E-state index is 0.123. The number of anilines is 1. The van der Waals surface area contributed by atoms with Crippen LogP contribution in [0.1, 0.15) is 59.1 Å². The lowest BCUT2D eigenvalue weighted by Gasteiger charge is -2.33. The van der Waals surface area contributed by atoms with Crippen LogP contribution in [0, 0.1) is 14.9 Å². The molecule has 1 atom stereocenters. The highest BCUT2D eigenvalue weighted by atomic mass is 127. The molecule has 1 aliphatic rings. The van der Waals surface area contributed by atoms with Gasteiger partial charge in [0.15, 0.2) is 11.5 Å². The number of halogens is 3. The van der Waals surface area contributed by atoms with E-state index in [0.29, 0.717) is 33.0 Å². The van der Waals surface area contributed by atoms with Crippen LogP contribution in [0.5, 0.6) is 11.5 Å². The summed E-state index contributed by atoms with van der Waals surface area (Å²) in [5, 5.41) is 4.93. The fourth-order valence-corrected chi connectivity index (χ4v) is 7.74. The Balaban J connectivity index is 1.44. The molecular formula is C34H33Cl2IN2O3S. The van der Waals surface area contributed by atoms with Crippen molar-refractivity contribution in [1.82, 2.24) is 0 Å². The summed E-state index contributed by atoms with van der Waals surface area (Å²) in [6, 6.07) is 18.8. The SMILES string of the molecule is COc1cc(C=Nc2sc3c(c2C(=O)Nc2ccccc2)CC[C@H](C(C)(C)C)C3)cc(I)c1OCc1ccc(Cl)cc1Cl. The number of carbonyl (C=O) groups is 1. The number of methoxy groups -OCH3 is 1. The number of thiophene rings is 1. The summed E-state index contributed by atoms with van der Waals surface area (Å²) in [6.07, 6.45) is 4.68. The number of aliphatic imine (C=N–C) groups is 1. The van der Waals surface area contributed by atoms with Gasteiger partial charge in [0.25, 0.3) is 5.91 Å². The highest BCUT2D eigenvalue weighted by Gasteiger charge is 2.33. The normalized spacial score (nSPS) is 14.9. The molecule has 0 bridgehead atoms. The Hall–Kier alpha value is -2.59. The molecule has 0 fully saturated rings. The molecule has 224 valence electrons. The zero-order valence-corrected chi connectivity index (χ0v) is 29.0. The summed E-state index contributed by atoms with van der Waals surface area (Å²) in [7, 11) is 1.61. The van der Waals surface area contributed by atoms with E-state index in [0.717, 1.165) is 50.2 Å². The van der Waals surface area contributed by atoms with Gasteiger partial charge in [0, 0.05) is 32.4 Å². The van der Waals surface area contributed by atoms with Gasteiger partial charge < -0.3 is 14.8 Å². The van der Waals surface area contributed by atoms with Crippen LogP contribution < -0.4 is 14.8 Å². The number of ether oxygens (including phenoxy) is 2. The number of para-hydroxylation sites is 1. The predicted octanol–water partition coefficient (Wildman–Crippen LogP) is 10.4. The van der Waals surface area contributed by atoms with Crippen LogP contribution in [0.4, 0.5) is 10.7 Å². The fraction of sp³-hybridized carbons (Fsp3) is 0.294. The minimum Gasteiger partial charge on any atom is -0.493 e. The second-order valence-electron chi connectivity index (χ2n) is 11.6. The van der Waals surface area contributed by atoms with Crippen LogP contribution in [0.2, 0.25) is 10.0 Å². The van der Waals surface area contributed by atoms with Gasteiger partial charge in [-0.3, -0.25) is 4.79 Å². The smallest absolute Gasteiger partial charge is 0.259 e. The van der Waals surface area contributed by atoms with Crippen molar-refractivity contribution in [3.8, 4) is 11.5 Å². The van der Waals surface area contributed by atoms with E-state index in [2.05, 4.69) is 48.7 Å². The number of carbonyl (C=O) groups excluding carboxylic acids is 1. The van der Waals surface area contributed by atoms with Crippen molar-refractivity contribution in [2.45, 2.75) is 46.6 Å². The van der Waals surface area contributed by atoms with E-state index in [-0.39, 0.29) is 17.9 Å². The number of amides is 1. The van der Waals surface area contributed by atoms with Crippen LogP contribution >= 0.6 is 57.1 Å². The van der Waals surface area contributed by atoms with Gasteiger partial charge in [-0.2, -0.15) is 0 Å². The number of rotatable bonds is 8. The Morgan fingerprint density at radius 1 is 1.14 bits per heavy atom. The van der Waals surface area contributed by atoms with Crippen molar-refractivity contribution in [3.05, 3.63) is 101 Å². The summed E-state index contributed by atoms with van der Waals surface area (Å²) in [6.45, 7) is 7.16. The third kappa shape index (κ3) is 7.56. The lowest BCUT2D eigenvalue weighted by atomic mass is 9.72. The van der Waals surface area contributed by atoms with E-state index in [1.54, 1.807) is 36.8 Å². The van der Waals surface area contributed by atoms with Crippen LogP contribution in [0.15, 0.2) is 65.7 Å². The highest BCUT2D eigenvalue weighted by Crippen LogP contribution is 2.45. The number of fused-ring (bicyclic) bond motifs is 1. The molecular weight excluding hydrogens is 714 g/mol. The molecule has 4 aromatic rings. The average molecular weight is 748 g/mol. The van der Waals surface area contributed by atoms with E-state index in [4.69, 9.17) is 37.7 Å². The van der Waals surface area contributed by atoms with Gasteiger partial charge in [-0.1, -0.05) is 68.2 Å². The van der Waals surface area contributed by atoms with Crippen molar-refractivity contribution >= 4 is 79.9 Å². The van der Waals surface area contributed by atoms with Crippen molar-refractivity contribution in [2.24, 2.45) is 16.3 Å². The van der Waals surface area contributed by atoms with Gasteiger partial charge >= 0.3 is 0 Å². The Morgan fingerprint density at radius 3 is 2.60 bits per heavy atom. The molecule has 0 aliphatic heterocycles. The molecule has 1 amide bonds. The van der Waals surface area contributed by atoms with Crippen LogP contribution in [-0.2, 0) is 19.4 Å². The van der Waals surface area contributed by atoms with Gasteiger partial charge in [0.1, 0.15) is 11.6 Å². The van der Waals surface area contributed by atoms with Gasteiger partial charge in [-0.25, -0.2) is 4.99 Å². The van der Waals surface area contributed by atoms with Gasteiger partial charge in [-0.05, 0) is 101 Å². The molecule has 5 nitrogen and oxygen atoms in total. The van der Waals surface area contributed by atoms with Crippen molar-refractivity contribution < 1.29 is 14.3 Å². The van der Waals surface area contributed by atoms with E-state index in [9.17, 15) is 4.79 Å². The monoisotopic (exact) mass is 746 g/mol. The topological polar surface area (TPSA) is 59.9 Å². The molecule has 0 saturated carbocycles. The van der Waals surface area contributed by atoms with E-state index >= 15 is 0 Å². The Bertz CT molecular complexity index is 1660. The molecule has 0 saturated heterocycles. The lowest BCUT2D eigenvalue weighted by Crippen LogP contribution is -2.27. The molecule has 43 heavy (non-hydrogen) atoms. The molecule has 0 radical (unpaired) electrons. The molecule has 1 N–H and O–H groups in total. The van der Waals surface area contributed by atoms with E-state index in [1.165, 1.54) is 4.88 Å². The van der Waals surface area contributed by atoms with E-state index in [1.807, 2.05) is 48.5 Å². The average Bonchev–Trinajstić information content (AvgIpc) is 3.34. The summed E-state index contributed by atoms with van der Waals surface area (Å²) >= 11 is 16.2. The van der Waals surface area contributed by atoms with Crippen LogP contribution in [-0.4, -0.2) is 19.2 Å². The second-order valence-corrected chi connectivity index (χ2v) is 14.7. The number of hydrogen-bond acceptors (Lipinski definition) is 5. The maximum atomic E-state index is 13.7. The molecule has 3 aromatic carbocycles. The van der Waals surface area contributed by atoms with Crippen molar-refractivity contribution in [2.75, 3.05) is 12.4 Å². The van der Waals surface area contributed by atoms with Crippen molar-refractivity contribution in [3.63, 3.8) is 0 Å². The maximum absolute atomic E-state index is 13.7. The molecule has 9 heteroatoms. The maximum Gasteiger partial charge on any atom is 0.259 e. The fourth-order valence-electron chi connectivity index (χ4n) is 5.23. The molecule has 1 aromatic heterocycles. The van der Waals surface area contributed by atoms with Crippen LogP contribution in [0.3, 0.4) is 0 Å². The number of benzene rings is 3. The summed E-state index contributed by atoms with van der Waals surface area (Å²) in [5.74, 6) is 1.64. The zero-order valence-electron chi connectivity index (χ0n) is 24.5. The zero-order chi connectivity index (χ0) is 30.7. The first-order valence-electron chi connectivity index (χ1n) is 14.0. The van der Waals surface area contributed by atoms with E-state index < -0.39 is 0 Å². The summed E-state index contributed by atoms with van der Waals surface area (Å²) in [4.78, 5) is 19.8. The van der Waals surface area contributed by atoms with Crippen LogP contribution in [0.25, 0.3) is 0 Å². The quantitative estimate of drug-likeness (QED) is 0.144. The minimum atomic E-state index is -0.123. The first-order chi connectivity index (χ1) is 20.5. The van der Waals surface area contributed by atoms with Crippen molar-refractivity contribution in [1.29, 1.82) is 0 Å². The molecule has 1 aliphatic carbocycles. The lowest BCUT2D eigenvalue weighted by molar-refractivity contribution is 0.102. The highest BCUT2D eigenvalue weighted by molar-refractivity contribution is 14.1. The van der Waals surface area contributed by atoms with Gasteiger partial charge in [0.05, 0.1) is 16.2 Å². The first kappa shape index (κ1) is 31.8. The molecule has 0 spiro atoms. The largest absolute Gasteiger partial charge is 0.493 e. The third-order valence-electron chi connectivity index (χ3n) is 7.70. The standard InChI is InChI=1S/C34H33Cl2IN2O3S/c1-34(2,3)22-11-13-25-29(16-22)43-33(30(25)32(40)39-24-8-6-5-7-9-24)38-18-20-14-27(37)31(28(15-20)41-4)42-19-21-10-12-23(35)17-26(21)36/h5-10,12,14-15,17-18,22H,11,13,16,19H2,1-4H3,(H,39,40)/t22-/m0/s1. The Morgan fingerprint density at radius 2 is 1.91 bits per heavy atom. The second kappa shape index (κ2) is 13.6. The number of hydrogen-bond donors (Lipinski definition) is 1. The van der Waals surface area contributed by atoms with Gasteiger partial charge in [0.2, 0.25) is 0 Å². The van der Waals surface area contributed by atoms with Gasteiger partial charge in [-0.15, -0.1) is 11.3 Å². The Labute approximate surface area is 280 Å². The third-order valence-corrected chi connectivity index (χ3v) is 10.3. The number of nitrogens with one attached hydrogen (secondary N) is 1. The molecule has 1 heterocycles. The molecule has 0 unspecified atom stereocenters. The summed E-state index contributed by atoms with van der Waals surface area (Å²) < 4.78 is 12.7. The predicted molar refractivity (Wildman–Crippen MR) is 187 cm³/mol. The Kier molecular flexibility index (Phi) is 10.1. The number of nitrogens with zero attached hydrogens (tertiary/aromatic N) is 1. The molecule has 5 rings (SSSR count). The first-order valence-corrected chi connectivity index (χ1v) is 16.7. The summed E-state index contributed by atoms with van der Waals surface area (Å²) in [5.41, 5.74) is 4.43.